The van der Waals surface area contributed by atoms with Gasteiger partial charge in [-0.15, -0.1) is 4.33 Å². The van der Waals surface area contributed by atoms with E-state index in [0.717, 1.165) is 72.7 Å². The van der Waals surface area contributed by atoms with Crippen LogP contribution in [0.1, 0.15) is 79.1 Å². The van der Waals surface area contributed by atoms with Gasteiger partial charge in [-0.05, 0) is 49.9 Å². The van der Waals surface area contributed by atoms with Crippen molar-refractivity contribution in [2.75, 3.05) is 0 Å². The highest BCUT2D eigenvalue weighted by molar-refractivity contribution is 8.26. The zero-order chi connectivity index (χ0) is 42.0. The molecule has 0 aromatic heterocycles. The zero-order valence-corrected chi connectivity index (χ0v) is 36.9. The molecule has 0 saturated heterocycles. The van der Waals surface area contributed by atoms with Crippen LogP contribution in [-0.4, -0.2) is 42.5 Å². The van der Waals surface area contributed by atoms with Gasteiger partial charge in [0.25, 0.3) is 0 Å². The van der Waals surface area contributed by atoms with Crippen LogP contribution in [0.5, 0.6) is 17.2 Å². The van der Waals surface area contributed by atoms with Crippen LogP contribution in [0.15, 0.2) is 103 Å². The van der Waals surface area contributed by atoms with Crippen LogP contribution >= 0.6 is 59.1 Å². The molecule has 0 bridgehead atoms. The number of aliphatic carboxylic acids is 2. The van der Waals surface area contributed by atoms with E-state index in [1.807, 2.05) is 27.7 Å². The normalized spacial score (nSPS) is 14.3. The van der Waals surface area contributed by atoms with Crippen molar-refractivity contribution in [2.24, 2.45) is 11.8 Å². The summed E-state index contributed by atoms with van der Waals surface area (Å²) in [6.45, 7) is 7.73. The Hall–Kier alpha value is -3.52. The van der Waals surface area contributed by atoms with E-state index in [0.29, 0.717) is 43.5 Å². The number of carbonyl (C=O) groups is 4. The van der Waals surface area contributed by atoms with Gasteiger partial charge < -0.3 is 24.6 Å². The van der Waals surface area contributed by atoms with E-state index < -0.39 is 50.5 Å². The molecule has 0 amide bonds. The Labute approximate surface area is 358 Å². The number of sulfone groups is 1. The summed E-state index contributed by atoms with van der Waals surface area (Å²) in [4.78, 5) is 58.1. The quantitative estimate of drug-likeness (QED) is 0.0273. The lowest BCUT2D eigenvalue weighted by Gasteiger charge is -2.20. The van der Waals surface area contributed by atoms with E-state index in [-0.39, 0.29) is 49.4 Å². The van der Waals surface area contributed by atoms with Crippen LogP contribution in [0.3, 0.4) is 0 Å². The zero-order valence-electron chi connectivity index (χ0n) is 32.0. The van der Waals surface area contributed by atoms with E-state index >= 15 is 0 Å². The molecule has 5 rings (SSSR count). The molecule has 0 fully saturated rings. The molecular weight excluding hydrogens is 865 g/mol. The lowest BCUT2D eigenvalue weighted by Crippen LogP contribution is -2.22. The molecule has 310 valence electrons. The predicted octanol–water partition coefficient (Wildman–Crippen LogP) is 11.0. The van der Waals surface area contributed by atoms with E-state index in [1.165, 1.54) is 24.3 Å². The van der Waals surface area contributed by atoms with Gasteiger partial charge in [0.05, 0.1) is 56.8 Å². The second kappa shape index (κ2) is 21.1. The molecular formula is C40H42O12S6. The summed E-state index contributed by atoms with van der Waals surface area (Å²) in [7, 11) is -4.59. The number of hydrogen-bond acceptors (Lipinski definition) is 15. The van der Waals surface area contributed by atoms with Crippen LogP contribution in [0.4, 0.5) is 0 Å². The van der Waals surface area contributed by atoms with Crippen LogP contribution in [0.25, 0.3) is 0 Å². The molecule has 2 aliphatic heterocycles. The second-order valence-corrected chi connectivity index (χ2v) is 20.1. The third-order valence-electron chi connectivity index (χ3n) is 8.96. The van der Waals surface area contributed by atoms with E-state index in [1.54, 1.807) is 36.4 Å². The second-order valence-electron chi connectivity index (χ2n) is 12.9. The molecule has 0 saturated carbocycles. The summed E-state index contributed by atoms with van der Waals surface area (Å²) in [6.07, 6.45) is 5.21. The van der Waals surface area contributed by atoms with Gasteiger partial charge in [0.15, 0.2) is 22.2 Å². The Morgan fingerprint density at radius 1 is 0.655 bits per heavy atom. The standard InChI is InChI=1S/C40H42O12S6/c1-5-9-17-23(7-3)37(45)49-27-29-30(54-39(53-29)33(35(41)42)57-52-51-25-19-13-11-14-20-25)28(50-38(46)24(8-4)18-10-6-2)32-31(27)55-40(56-32)34(36(43)44)58(47,48)26-21-15-12-16-22-26/h11-16,19-24H,5-10,17-18H2,1-4H3,(H,41,42)(H,43,44). The fraction of sp³-hybridized carbons (Fsp3) is 0.350. The number of carbonyl (C=O) groups excluding carboxylic acids is 2. The first kappa shape index (κ1) is 45.6. The lowest BCUT2D eigenvalue weighted by atomic mass is 10.00. The summed E-state index contributed by atoms with van der Waals surface area (Å²) in [5, 5.41) is 20.8. The van der Waals surface area contributed by atoms with Gasteiger partial charge in [-0.2, -0.15) is 0 Å². The number of para-hydroxylation sites is 1. The summed E-state index contributed by atoms with van der Waals surface area (Å²) < 4.78 is 45.6. The number of esters is 2. The van der Waals surface area contributed by atoms with Crippen molar-refractivity contribution >= 4 is 92.8 Å². The minimum Gasteiger partial charge on any atom is -0.477 e. The first-order valence-electron chi connectivity index (χ1n) is 18.6. The Bertz CT molecular complexity index is 2120. The van der Waals surface area contributed by atoms with Gasteiger partial charge in [0.2, 0.25) is 9.84 Å². The first-order valence-corrected chi connectivity index (χ1v) is 24.0. The number of hydrogen-bond donors (Lipinski definition) is 2. The molecule has 3 aromatic rings. The van der Waals surface area contributed by atoms with E-state index in [4.69, 9.17) is 18.7 Å². The lowest BCUT2D eigenvalue weighted by molar-refractivity contribution is -0.141. The topological polar surface area (TPSA) is 180 Å². The molecule has 2 heterocycles. The largest absolute Gasteiger partial charge is 0.477 e. The molecule has 12 nitrogen and oxygen atoms in total. The number of benzene rings is 3. The maximum Gasteiger partial charge on any atom is 0.349 e. The molecule has 0 radical (unpaired) electrons. The Balaban J connectivity index is 1.71. The minimum atomic E-state index is -4.59. The smallest absolute Gasteiger partial charge is 0.349 e. The molecule has 0 spiro atoms. The molecule has 0 aliphatic carbocycles. The highest BCUT2D eigenvalue weighted by Gasteiger charge is 2.43. The van der Waals surface area contributed by atoms with Gasteiger partial charge in [0.1, 0.15) is 4.91 Å². The number of carboxylic acid groups (broad SMARTS) is 2. The molecule has 2 aliphatic rings. The molecule has 18 heteroatoms. The Morgan fingerprint density at radius 2 is 1.10 bits per heavy atom. The number of carboxylic acids is 2. The maximum atomic E-state index is 13.9. The highest BCUT2D eigenvalue weighted by Crippen LogP contribution is 2.69. The predicted molar refractivity (Wildman–Crippen MR) is 226 cm³/mol. The van der Waals surface area contributed by atoms with Gasteiger partial charge in [-0.3, -0.25) is 9.59 Å². The highest BCUT2D eigenvalue weighted by atomic mass is 32.2. The third kappa shape index (κ3) is 10.6. The molecule has 58 heavy (non-hydrogen) atoms. The summed E-state index contributed by atoms with van der Waals surface area (Å²) in [6, 6.07) is 15.6. The molecule has 2 N–H and O–H groups in total. The average Bonchev–Trinajstić information content (AvgIpc) is 3.84. The van der Waals surface area contributed by atoms with Crippen molar-refractivity contribution in [2.45, 2.75) is 104 Å². The maximum absolute atomic E-state index is 13.9. The van der Waals surface area contributed by atoms with Crippen molar-refractivity contribution in [3.63, 3.8) is 0 Å². The first-order chi connectivity index (χ1) is 27.9. The van der Waals surface area contributed by atoms with Gasteiger partial charge in [-0.25, -0.2) is 18.0 Å². The van der Waals surface area contributed by atoms with Gasteiger partial charge in [-0.1, -0.05) is 137 Å². The summed E-state index contributed by atoms with van der Waals surface area (Å²) in [5.74, 6) is -4.92. The SMILES string of the molecule is CCCCC(CC)C(=O)Oc1c2c(c(OC(=O)C(CC)CCCC)c3c1SC(=C(C(=O)O)S(=O)(=O)c1ccccc1)S3)SC(=C(SOOc1ccccc1)C(=O)O)S2. The van der Waals surface area contributed by atoms with Crippen LogP contribution in [0, 0.1) is 11.8 Å². The van der Waals surface area contributed by atoms with Crippen LogP contribution in [0.2, 0.25) is 0 Å². The number of thioether (sulfide) groups is 4. The van der Waals surface area contributed by atoms with Crippen molar-refractivity contribution in [3.05, 3.63) is 78.9 Å². The molecule has 3 aromatic carbocycles. The van der Waals surface area contributed by atoms with Crippen molar-refractivity contribution in [3.8, 4) is 17.2 Å². The number of rotatable bonds is 20. The average molecular weight is 907 g/mol. The Morgan fingerprint density at radius 3 is 1.52 bits per heavy atom. The summed E-state index contributed by atoms with van der Waals surface area (Å²) in [5.41, 5.74) is 0. The monoisotopic (exact) mass is 906 g/mol. The molecule has 2 unspecified atom stereocenters. The minimum absolute atomic E-state index is 0.0270. The van der Waals surface area contributed by atoms with E-state index in [2.05, 4.69) is 0 Å². The van der Waals surface area contributed by atoms with E-state index in [9.17, 15) is 37.8 Å². The number of fused-ring (bicyclic) bond motifs is 2. The van der Waals surface area contributed by atoms with Crippen LogP contribution in [-0.2, 0) is 33.3 Å². The van der Waals surface area contributed by atoms with Crippen molar-refractivity contribution < 1.29 is 56.5 Å². The van der Waals surface area contributed by atoms with Crippen LogP contribution < -0.4 is 14.4 Å². The summed E-state index contributed by atoms with van der Waals surface area (Å²) >= 11 is 3.88. The van der Waals surface area contributed by atoms with Crippen molar-refractivity contribution in [1.82, 2.24) is 0 Å². The fourth-order valence-electron chi connectivity index (χ4n) is 5.77. The number of ether oxygens (including phenoxy) is 2. The van der Waals surface area contributed by atoms with Gasteiger partial charge >= 0.3 is 23.9 Å². The number of unbranched alkanes of at least 4 members (excludes halogenated alkanes) is 2. The van der Waals surface area contributed by atoms with Crippen molar-refractivity contribution in [1.29, 1.82) is 0 Å². The third-order valence-corrected chi connectivity index (χ3v) is 17.2. The fourth-order valence-corrected chi connectivity index (χ4v) is 13.8. The van der Waals surface area contributed by atoms with Gasteiger partial charge in [0, 0.05) is 0 Å². The Kier molecular flexibility index (Phi) is 16.6. The molecule has 2 atom stereocenters.